The van der Waals surface area contributed by atoms with E-state index in [4.69, 9.17) is 0 Å². The highest BCUT2D eigenvalue weighted by atomic mass is 32.1. The zero-order valence-electron chi connectivity index (χ0n) is 21.9. The standard InChI is InChI=1S/C27H32FN7O2S2/c1-27(28)13-18(14-27)20-7-3-6-19(29-20)12-22(37)31-26-35-33-24(39-26)17-5-2-4-16(11-17)23-32-34-25(38-23)30-21(36)10-15-8-9-15/h3,6-7,15-18H,2,4-5,8-14H2,1H3,(H,30,34,36)(H,31,35,37)/t16-,17-,18?,27?/m0/s1. The summed E-state index contributed by atoms with van der Waals surface area (Å²) in [5, 5.41) is 25.9. The number of anilines is 2. The molecule has 0 spiro atoms. The number of hydrogen-bond donors (Lipinski definition) is 2. The van der Waals surface area contributed by atoms with Crippen LogP contribution in [0.5, 0.6) is 0 Å². The summed E-state index contributed by atoms with van der Waals surface area (Å²) in [5.74, 6) is 0.987. The minimum atomic E-state index is -1.11. The maximum atomic E-state index is 13.9. The number of pyridine rings is 1. The molecule has 3 saturated carbocycles. The zero-order chi connectivity index (χ0) is 27.0. The van der Waals surface area contributed by atoms with Crippen molar-refractivity contribution >= 4 is 44.8 Å². The summed E-state index contributed by atoms with van der Waals surface area (Å²) >= 11 is 2.88. The summed E-state index contributed by atoms with van der Waals surface area (Å²) in [4.78, 5) is 29.4. The lowest BCUT2D eigenvalue weighted by Gasteiger charge is -2.38. The molecular weight excluding hydrogens is 537 g/mol. The first kappa shape index (κ1) is 26.4. The molecule has 0 unspecified atom stereocenters. The van der Waals surface area contributed by atoms with Gasteiger partial charge in [-0.25, -0.2) is 4.39 Å². The smallest absolute Gasteiger partial charge is 0.232 e. The van der Waals surface area contributed by atoms with Gasteiger partial charge in [-0.3, -0.25) is 14.6 Å². The van der Waals surface area contributed by atoms with Crippen molar-refractivity contribution in [1.29, 1.82) is 0 Å². The third kappa shape index (κ3) is 6.66. The fraction of sp³-hybridized carbons (Fsp3) is 0.593. The van der Waals surface area contributed by atoms with Gasteiger partial charge in [-0.1, -0.05) is 35.2 Å². The van der Waals surface area contributed by atoms with Crippen molar-refractivity contribution in [2.75, 3.05) is 10.6 Å². The molecule has 0 aliphatic heterocycles. The van der Waals surface area contributed by atoms with Crippen LogP contribution in [0.1, 0.15) is 104 Å². The lowest BCUT2D eigenvalue weighted by Crippen LogP contribution is -2.35. The second-order valence-electron chi connectivity index (χ2n) is 11.4. The fourth-order valence-corrected chi connectivity index (χ4v) is 7.44. The number of amides is 2. The van der Waals surface area contributed by atoms with E-state index in [0.717, 1.165) is 54.2 Å². The minimum absolute atomic E-state index is 0.0244. The Morgan fingerprint density at radius 2 is 1.56 bits per heavy atom. The fourth-order valence-electron chi connectivity index (χ4n) is 5.62. The van der Waals surface area contributed by atoms with E-state index in [0.29, 0.717) is 41.1 Å². The van der Waals surface area contributed by atoms with Crippen molar-refractivity contribution in [3.8, 4) is 0 Å². The Bertz CT molecular complexity index is 1350. The van der Waals surface area contributed by atoms with Crippen LogP contribution in [0.2, 0.25) is 0 Å². The molecule has 9 nitrogen and oxygen atoms in total. The molecule has 3 aliphatic rings. The van der Waals surface area contributed by atoms with Gasteiger partial charge in [0, 0.05) is 29.9 Å². The Morgan fingerprint density at radius 3 is 2.18 bits per heavy atom. The molecule has 0 radical (unpaired) electrons. The van der Waals surface area contributed by atoms with Gasteiger partial charge in [-0.05, 0) is 69.9 Å². The van der Waals surface area contributed by atoms with Crippen LogP contribution in [-0.4, -0.2) is 42.9 Å². The molecule has 3 heterocycles. The molecular formula is C27H32FN7O2S2. The van der Waals surface area contributed by atoms with Crippen molar-refractivity contribution in [3.05, 3.63) is 39.6 Å². The number of hydrogen-bond acceptors (Lipinski definition) is 9. The lowest BCUT2D eigenvalue weighted by atomic mass is 9.72. The summed E-state index contributed by atoms with van der Waals surface area (Å²) < 4.78 is 13.9. The van der Waals surface area contributed by atoms with Crippen LogP contribution >= 0.6 is 22.7 Å². The second-order valence-corrected chi connectivity index (χ2v) is 13.5. The Kier molecular flexibility index (Phi) is 7.41. The Balaban J connectivity index is 1.02. The molecule has 39 heavy (non-hydrogen) atoms. The summed E-state index contributed by atoms with van der Waals surface area (Å²) in [6, 6.07) is 5.61. The third-order valence-corrected chi connectivity index (χ3v) is 9.85. The van der Waals surface area contributed by atoms with Crippen molar-refractivity contribution in [1.82, 2.24) is 25.4 Å². The first-order chi connectivity index (χ1) is 18.8. The second kappa shape index (κ2) is 11.0. The van der Waals surface area contributed by atoms with Crippen molar-refractivity contribution in [2.45, 2.75) is 94.6 Å². The number of nitrogens with one attached hydrogen (secondary N) is 2. The lowest BCUT2D eigenvalue weighted by molar-refractivity contribution is -0.117. The van der Waals surface area contributed by atoms with Crippen molar-refractivity contribution in [3.63, 3.8) is 0 Å². The van der Waals surface area contributed by atoms with E-state index in [-0.39, 0.29) is 36.0 Å². The van der Waals surface area contributed by atoms with Crippen LogP contribution in [0.4, 0.5) is 14.7 Å². The summed E-state index contributed by atoms with van der Waals surface area (Å²) in [6.07, 6.45) is 7.91. The topological polar surface area (TPSA) is 123 Å². The van der Waals surface area contributed by atoms with E-state index < -0.39 is 5.67 Å². The molecule has 2 atom stereocenters. The average Bonchev–Trinajstić information content (AvgIpc) is 3.37. The van der Waals surface area contributed by atoms with Crippen molar-refractivity contribution in [2.24, 2.45) is 5.92 Å². The van der Waals surface area contributed by atoms with E-state index in [1.165, 1.54) is 22.7 Å². The molecule has 12 heteroatoms. The van der Waals surface area contributed by atoms with E-state index in [9.17, 15) is 14.0 Å². The summed E-state index contributed by atoms with van der Waals surface area (Å²) in [7, 11) is 0. The summed E-state index contributed by atoms with van der Waals surface area (Å²) in [6.45, 7) is 1.62. The molecule has 3 aromatic rings. The van der Waals surface area contributed by atoms with Gasteiger partial charge >= 0.3 is 0 Å². The number of carbonyl (C=O) groups excluding carboxylic acids is 2. The first-order valence-electron chi connectivity index (χ1n) is 13.7. The van der Waals surface area contributed by atoms with Gasteiger partial charge in [0.15, 0.2) is 0 Å². The van der Waals surface area contributed by atoms with Gasteiger partial charge in [0.1, 0.15) is 15.7 Å². The molecule has 0 aromatic carbocycles. The molecule has 3 aliphatic carbocycles. The molecule has 0 saturated heterocycles. The molecule has 0 bridgehead atoms. The molecule has 2 amide bonds. The zero-order valence-corrected chi connectivity index (χ0v) is 23.5. The predicted octanol–water partition coefficient (Wildman–Crippen LogP) is 5.75. The normalized spacial score (nSPS) is 26.6. The molecule has 2 N–H and O–H groups in total. The number of alkyl halides is 1. The van der Waals surface area contributed by atoms with Crippen LogP contribution in [0.3, 0.4) is 0 Å². The van der Waals surface area contributed by atoms with Gasteiger partial charge in [-0.2, -0.15) is 0 Å². The summed E-state index contributed by atoms with van der Waals surface area (Å²) in [5.41, 5.74) is 0.404. The number of carbonyl (C=O) groups is 2. The number of aromatic nitrogens is 5. The maximum absolute atomic E-state index is 13.9. The highest BCUT2D eigenvalue weighted by molar-refractivity contribution is 7.15. The van der Waals surface area contributed by atoms with Gasteiger partial charge in [0.05, 0.1) is 12.1 Å². The molecule has 206 valence electrons. The third-order valence-electron chi connectivity index (χ3n) is 7.85. The molecule has 6 rings (SSSR count). The SMILES string of the molecule is CC1(F)CC(c2cccc(CC(=O)Nc3nnc([C@H]4CCC[C@H](c5nnc(NC(=O)CC6CC6)s5)C4)s3)n2)C1. The monoisotopic (exact) mass is 569 g/mol. The van der Waals surface area contributed by atoms with Gasteiger partial charge in [0.2, 0.25) is 22.1 Å². The van der Waals surface area contributed by atoms with Crippen LogP contribution in [0, 0.1) is 5.92 Å². The van der Waals surface area contributed by atoms with E-state index in [1.807, 2.05) is 18.2 Å². The molecule has 3 fully saturated rings. The number of halogens is 1. The van der Waals surface area contributed by atoms with Crippen molar-refractivity contribution < 1.29 is 14.0 Å². The Labute approximate surface area is 234 Å². The van der Waals surface area contributed by atoms with Gasteiger partial charge < -0.3 is 10.6 Å². The van der Waals surface area contributed by atoms with E-state index in [2.05, 4.69) is 36.0 Å². The molecule has 3 aromatic heterocycles. The predicted molar refractivity (Wildman–Crippen MR) is 148 cm³/mol. The first-order valence-corrected chi connectivity index (χ1v) is 15.3. The highest BCUT2D eigenvalue weighted by Crippen LogP contribution is 2.46. The van der Waals surface area contributed by atoms with Crippen LogP contribution in [-0.2, 0) is 16.0 Å². The van der Waals surface area contributed by atoms with Gasteiger partial charge in [0.25, 0.3) is 0 Å². The highest BCUT2D eigenvalue weighted by Gasteiger charge is 2.42. The van der Waals surface area contributed by atoms with E-state index >= 15 is 0 Å². The minimum Gasteiger partial charge on any atom is -0.301 e. The van der Waals surface area contributed by atoms with E-state index in [1.54, 1.807) is 6.92 Å². The maximum Gasteiger partial charge on any atom is 0.232 e. The van der Waals surface area contributed by atoms with Crippen LogP contribution < -0.4 is 10.6 Å². The Morgan fingerprint density at radius 1 is 0.923 bits per heavy atom. The largest absolute Gasteiger partial charge is 0.301 e. The number of rotatable bonds is 9. The Hall–Kier alpha value is -2.86. The van der Waals surface area contributed by atoms with Crippen LogP contribution in [0.25, 0.3) is 0 Å². The quantitative estimate of drug-likeness (QED) is 0.336. The van der Waals surface area contributed by atoms with Gasteiger partial charge in [-0.15, -0.1) is 20.4 Å². The average molecular weight is 570 g/mol. The van der Waals surface area contributed by atoms with Crippen LogP contribution in [0.15, 0.2) is 18.2 Å². The number of nitrogens with zero attached hydrogens (tertiary/aromatic N) is 5.